The second-order valence-electron chi connectivity index (χ2n) is 9.11. The highest BCUT2D eigenvalue weighted by molar-refractivity contribution is 5.96. The van der Waals surface area contributed by atoms with Gasteiger partial charge in [-0.2, -0.15) is 5.10 Å². The molecule has 0 spiro atoms. The van der Waals surface area contributed by atoms with Crippen LogP contribution in [-0.2, 0) is 13.0 Å². The number of halogens is 1. The van der Waals surface area contributed by atoms with Crippen LogP contribution in [0.25, 0.3) is 11.1 Å². The Labute approximate surface area is 208 Å². The minimum atomic E-state index is -0.414. The van der Waals surface area contributed by atoms with Crippen molar-refractivity contribution in [2.24, 2.45) is 0 Å². The van der Waals surface area contributed by atoms with Crippen molar-refractivity contribution in [2.45, 2.75) is 32.9 Å². The van der Waals surface area contributed by atoms with Gasteiger partial charge in [0.25, 0.3) is 5.91 Å². The number of aryl methyl sites for hydroxylation is 1. The Bertz CT molecular complexity index is 1450. The maximum absolute atomic E-state index is 14.8. The van der Waals surface area contributed by atoms with Crippen molar-refractivity contribution in [3.05, 3.63) is 107 Å². The SMILES string of the molecule is CC(=O)c1ccc(F)c(-c2cc(C)cc3c2OC(CNC(=O)c2cccc(Cn4cccn4)c2)C3)c1. The highest BCUT2D eigenvalue weighted by Gasteiger charge is 2.28. The minimum Gasteiger partial charge on any atom is -0.487 e. The molecule has 0 radical (unpaired) electrons. The Morgan fingerprint density at radius 3 is 2.72 bits per heavy atom. The molecule has 0 bridgehead atoms. The molecule has 1 N–H and O–H groups in total. The molecule has 1 aromatic heterocycles. The second-order valence-corrected chi connectivity index (χ2v) is 9.11. The normalized spacial score (nSPS) is 14.2. The molecule has 0 fully saturated rings. The Kier molecular flexibility index (Phi) is 6.38. The average Bonchev–Trinajstić information content (AvgIpc) is 3.52. The van der Waals surface area contributed by atoms with Crippen molar-refractivity contribution >= 4 is 11.7 Å². The number of ether oxygens (including phenoxy) is 1. The summed E-state index contributed by atoms with van der Waals surface area (Å²) in [5.74, 6) is -0.131. The number of rotatable bonds is 7. The maximum Gasteiger partial charge on any atom is 0.251 e. The van der Waals surface area contributed by atoms with E-state index in [4.69, 9.17) is 4.74 Å². The predicted octanol–water partition coefficient (Wildman–Crippen LogP) is 4.98. The summed E-state index contributed by atoms with van der Waals surface area (Å²) in [6.45, 7) is 4.30. The van der Waals surface area contributed by atoms with Gasteiger partial charge in [-0.25, -0.2) is 4.39 Å². The molecule has 1 unspecified atom stereocenters. The molecule has 1 aliphatic heterocycles. The number of hydrogen-bond acceptors (Lipinski definition) is 4. The Balaban J connectivity index is 1.30. The van der Waals surface area contributed by atoms with Crippen LogP contribution in [0.1, 0.15) is 44.3 Å². The highest BCUT2D eigenvalue weighted by Crippen LogP contribution is 2.41. The van der Waals surface area contributed by atoms with Gasteiger partial charge in [0.15, 0.2) is 5.78 Å². The topological polar surface area (TPSA) is 73.2 Å². The lowest BCUT2D eigenvalue weighted by atomic mass is 9.95. The summed E-state index contributed by atoms with van der Waals surface area (Å²) in [5.41, 5.74) is 4.86. The van der Waals surface area contributed by atoms with Crippen LogP contribution >= 0.6 is 0 Å². The number of benzene rings is 3. The fourth-order valence-corrected chi connectivity index (χ4v) is 4.56. The standard InChI is InChI=1S/C29H26FN3O3/c1-18-11-23-14-24(36-28(23)26(12-18)25-15-21(19(2)34)7-8-27(25)30)16-31-29(35)22-6-3-5-20(13-22)17-33-10-4-9-32-33/h3-13,15,24H,14,16-17H2,1-2H3,(H,31,35). The number of fused-ring (bicyclic) bond motifs is 1. The molecule has 0 saturated heterocycles. The van der Waals surface area contributed by atoms with Crippen LogP contribution in [0, 0.1) is 12.7 Å². The largest absolute Gasteiger partial charge is 0.487 e. The van der Waals surface area contributed by atoms with Crippen LogP contribution in [0.3, 0.4) is 0 Å². The summed E-state index contributed by atoms with van der Waals surface area (Å²) in [7, 11) is 0. The van der Waals surface area contributed by atoms with Crippen LogP contribution in [0.4, 0.5) is 4.39 Å². The molecule has 7 heteroatoms. The van der Waals surface area contributed by atoms with Crippen LogP contribution in [0.5, 0.6) is 5.75 Å². The zero-order valence-electron chi connectivity index (χ0n) is 20.1. The lowest BCUT2D eigenvalue weighted by Gasteiger charge is -2.15. The van der Waals surface area contributed by atoms with Gasteiger partial charge < -0.3 is 10.1 Å². The van der Waals surface area contributed by atoms with E-state index in [9.17, 15) is 14.0 Å². The highest BCUT2D eigenvalue weighted by atomic mass is 19.1. The molecule has 1 aliphatic rings. The van der Waals surface area contributed by atoms with E-state index in [1.54, 1.807) is 23.0 Å². The lowest BCUT2D eigenvalue weighted by molar-refractivity contribution is 0.0933. The van der Waals surface area contributed by atoms with E-state index >= 15 is 0 Å². The number of carbonyl (C=O) groups excluding carboxylic acids is 2. The average molecular weight is 484 g/mol. The molecule has 4 aromatic rings. The van der Waals surface area contributed by atoms with Gasteiger partial charge in [0.2, 0.25) is 0 Å². The fraction of sp³-hybridized carbons (Fsp3) is 0.207. The van der Waals surface area contributed by atoms with Crippen molar-refractivity contribution in [2.75, 3.05) is 6.54 Å². The second kappa shape index (κ2) is 9.77. The summed E-state index contributed by atoms with van der Waals surface area (Å²) in [6.07, 6.45) is 3.91. The summed E-state index contributed by atoms with van der Waals surface area (Å²) >= 11 is 0. The van der Waals surface area contributed by atoms with Crippen molar-refractivity contribution in [1.29, 1.82) is 0 Å². The first-order valence-corrected chi connectivity index (χ1v) is 11.8. The number of carbonyl (C=O) groups is 2. The van der Waals surface area contributed by atoms with Gasteiger partial charge in [-0.15, -0.1) is 0 Å². The van der Waals surface area contributed by atoms with Gasteiger partial charge in [0.05, 0.1) is 13.1 Å². The smallest absolute Gasteiger partial charge is 0.251 e. The summed E-state index contributed by atoms with van der Waals surface area (Å²) in [5, 5.41) is 7.17. The molecule has 2 heterocycles. The molecule has 182 valence electrons. The van der Waals surface area contributed by atoms with Gasteiger partial charge in [-0.3, -0.25) is 14.3 Å². The van der Waals surface area contributed by atoms with E-state index in [0.29, 0.717) is 47.5 Å². The van der Waals surface area contributed by atoms with Gasteiger partial charge in [0.1, 0.15) is 17.7 Å². The van der Waals surface area contributed by atoms with Gasteiger partial charge in [-0.05, 0) is 73.0 Å². The number of hydrogen-bond donors (Lipinski definition) is 1. The zero-order chi connectivity index (χ0) is 25.2. The van der Waals surface area contributed by atoms with Gasteiger partial charge in [-0.1, -0.05) is 18.2 Å². The minimum absolute atomic E-state index is 0.129. The van der Waals surface area contributed by atoms with Crippen LogP contribution in [-0.4, -0.2) is 34.1 Å². The Morgan fingerprint density at radius 2 is 1.94 bits per heavy atom. The third-order valence-corrected chi connectivity index (χ3v) is 6.29. The molecule has 0 saturated carbocycles. The third-order valence-electron chi connectivity index (χ3n) is 6.29. The van der Waals surface area contributed by atoms with E-state index < -0.39 is 5.82 Å². The first-order valence-electron chi connectivity index (χ1n) is 11.8. The number of amides is 1. The molecule has 1 amide bonds. The first kappa shape index (κ1) is 23.5. The van der Waals surface area contributed by atoms with E-state index in [-0.39, 0.29) is 17.8 Å². The molecule has 5 rings (SSSR count). The number of nitrogens with one attached hydrogen (secondary N) is 1. The van der Waals surface area contributed by atoms with Gasteiger partial charge >= 0.3 is 0 Å². The lowest BCUT2D eigenvalue weighted by Crippen LogP contribution is -2.34. The Hall–Kier alpha value is -4.26. The summed E-state index contributed by atoms with van der Waals surface area (Å²) in [6, 6.07) is 17.6. The zero-order valence-corrected chi connectivity index (χ0v) is 20.1. The molecule has 1 atom stereocenters. The van der Waals surface area contributed by atoms with Crippen molar-refractivity contribution in [3.8, 4) is 16.9 Å². The Morgan fingerprint density at radius 1 is 1.08 bits per heavy atom. The summed E-state index contributed by atoms with van der Waals surface area (Å²) in [4.78, 5) is 24.7. The number of Topliss-reactive ketones (excluding diaryl/α,β-unsaturated/α-hetero) is 1. The fourth-order valence-electron chi connectivity index (χ4n) is 4.56. The molecule has 3 aromatic carbocycles. The van der Waals surface area contributed by atoms with E-state index in [1.165, 1.54) is 19.1 Å². The van der Waals surface area contributed by atoms with Crippen LogP contribution in [0.15, 0.2) is 73.1 Å². The number of nitrogens with zero attached hydrogens (tertiary/aromatic N) is 2. The predicted molar refractivity (Wildman–Crippen MR) is 135 cm³/mol. The number of ketones is 1. The number of aromatic nitrogens is 2. The van der Waals surface area contributed by atoms with Crippen LogP contribution in [0.2, 0.25) is 0 Å². The van der Waals surface area contributed by atoms with Crippen molar-refractivity contribution in [1.82, 2.24) is 15.1 Å². The molecule has 6 nitrogen and oxygen atoms in total. The van der Waals surface area contributed by atoms with Crippen molar-refractivity contribution < 1.29 is 18.7 Å². The molecule has 0 aliphatic carbocycles. The van der Waals surface area contributed by atoms with Crippen LogP contribution < -0.4 is 10.1 Å². The molecule has 36 heavy (non-hydrogen) atoms. The maximum atomic E-state index is 14.8. The van der Waals surface area contributed by atoms with E-state index in [1.807, 2.05) is 49.5 Å². The monoisotopic (exact) mass is 483 g/mol. The van der Waals surface area contributed by atoms with Gasteiger partial charge in [0, 0.05) is 41.1 Å². The first-order chi connectivity index (χ1) is 17.4. The molecular weight excluding hydrogens is 457 g/mol. The third kappa shape index (κ3) is 4.91. The molecular formula is C29H26FN3O3. The quantitative estimate of drug-likeness (QED) is 0.376. The summed E-state index contributed by atoms with van der Waals surface area (Å²) < 4.78 is 22.8. The van der Waals surface area contributed by atoms with E-state index in [2.05, 4.69) is 10.4 Å². The van der Waals surface area contributed by atoms with Crippen molar-refractivity contribution in [3.63, 3.8) is 0 Å². The van der Waals surface area contributed by atoms with E-state index in [0.717, 1.165) is 16.7 Å².